The topological polar surface area (TPSA) is 74.2 Å². The van der Waals surface area contributed by atoms with Crippen LogP contribution in [0.1, 0.15) is 31.9 Å². The Balaban J connectivity index is 1.54. The number of likely N-dealkylation sites (tertiary alicyclic amines) is 1. The zero-order valence-electron chi connectivity index (χ0n) is 15.8. The van der Waals surface area contributed by atoms with Gasteiger partial charge in [-0.05, 0) is 62.9 Å². The normalized spacial score (nSPS) is 18.1. The van der Waals surface area contributed by atoms with Crippen molar-refractivity contribution in [2.24, 2.45) is 0 Å². The predicted octanol–water partition coefficient (Wildman–Crippen LogP) is 4.05. The molecule has 0 unspecified atom stereocenters. The molecule has 0 radical (unpaired) electrons. The highest BCUT2D eigenvalue weighted by atomic mass is 32.1. The summed E-state index contributed by atoms with van der Waals surface area (Å²) in [5.74, 6) is 0.812. The average molecular weight is 384 g/mol. The predicted molar refractivity (Wildman–Crippen MR) is 110 cm³/mol. The Labute approximate surface area is 163 Å². The summed E-state index contributed by atoms with van der Waals surface area (Å²) in [6.07, 6.45) is 3.49. The summed E-state index contributed by atoms with van der Waals surface area (Å²) in [7, 11) is 0. The highest BCUT2D eigenvalue weighted by molar-refractivity contribution is 7.17. The fourth-order valence-corrected chi connectivity index (χ4v) is 4.60. The van der Waals surface area contributed by atoms with Crippen molar-refractivity contribution in [3.05, 3.63) is 29.3 Å². The molecule has 1 fully saturated rings. The monoisotopic (exact) mass is 383 g/mol. The lowest BCUT2D eigenvalue weighted by Crippen LogP contribution is -2.42. The number of fused-ring (bicyclic) bond motifs is 1. The van der Waals surface area contributed by atoms with Gasteiger partial charge in [-0.3, -0.25) is 0 Å². The third-order valence-electron chi connectivity index (χ3n) is 5.10. The van der Waals surface area contributed by atoms with E-state index in [0.29, 0.717) is 23.2 Å². The van der Waals surface area contributed by atoms with E-state index in [4.69, 9.17) is 0 Å². The molecule has 2 N–H and O–H groups in total. The van der Waals surface area contributed by atoms with Crippen molar-refractivity contribution in [3.8, 4) is 17.0 Å². The maximum absolute atomic E-state index is 10.6. The van der Waals surface area contributed by atoms with Gasteiger partial charge in [0.05, 0.1) is 5.69 Å². The highest BCUT2D eigenvalue weighted by Gasteiger charge is 2.21. The Morgan fingerprint density at radius 3 is 3.00 bits per heavy atom. The highest BCUT2D eigenvalue weighted by Crippen LogP contribution is 2.37. The van der Waals surface area contributed by atoms with Crippen molar-refractivity contribution < 1.29 is 5.11 Å². The average Bonchev–Trinajstić information content (AvgIpc) is 3.13. The number of rotatable bonds is 5. The summed E-state index contributed by atoms with van der Waals surface area (Å²) < 4.78 is 1.06. The number of piperidine rings is 1. The van der Waals surface area contributed by atoms with Crippen LogP contribution in [0.15, 0.2) is 23.6 Å². The summed E-state index contributed by atoms with van der Waals surface area (Å²) in [6, 6.07) is 6.18. The molecule has 7 heteroatoms. The number of anilines is 1. The van der Waals surface area contributed by atoms with Crippen molar-refractivity contribution in [1.29, 1.82) is 0 Å². The molecule has 1 aliphatic heterocycles. The first-order valence-corrected chi connectivity index (χ1v) is 10.4. The van der Waals surface area contributed by atoms with Crippen molar-refractivity contribution in [2.75, 3.05) is 25.0 Å². The third-order valence-corrected chi connectivity index (χ3v) is 5.98. The number of hydrogen-bond acceptors (Lipinski definition) is 7. The SMILES string of the molecule is CCCN1CCC[C@@H](Nc2nnc(-c3ccc4sccc4c3O)c(C)n2)C1. The van der Waals surface area contributed by atoms with Crippen LogP contribution in [0.4, 0.5) is 5.95 Å². The molecule has 3 aromatic rings. The number of benzene rings is 1. The number of aryl methyl sites for hydroxylation is 1. The molecule has 0 spiro atoms. The minimum atomic E-state index is 0.246. The van der Waals surface area contributed by atoms with Crippen LogP contribution in [-0.4, -0.2) is 50.9 Å². The molecule has 142 valence electrons. The van der Waals surface area contributed by atoms with Crippen LogP contribution in [0.3, 0.4) is 0 Å². The summed E-state index contributed by atoms with van der Waals surface area (Å²) in [5.41, 5.74) is 2.07. The second-order valence-corrected chi connectivity index (χ2v) is 8.10. The van der Waals surface area contributed by atoms with E-state index in [1.54, 1.807) is 11.3 Å². The van der Waals surface area contributed by atoms with E-state index in [0.717, 1.165) is 35.3 Å². The zero-order chi connectivity index (χ0) is 18.8. The van der Waals surface area contributed by atoms with Gasteiger partial charge in [0, 0.05) is 28.2 Å². The quantitative estimate of drug-likeness (QED) is 0.692. The van der Waals surface area contributed by atoms with Gasteiger partial charge in [-0.15, -0.1) is 21.5 Å². The lowest BCUT2D eigenvalue weighted by atomic mass is 10.1. The number of aromatic hydroxyl groups is 1. The minimum absolute atomic E-state index is 0.246. The van der Waals surface area contributed by atoms with Crippen LogP contribution in [-0.2, 0) is 0 Å². The summed E-state index contributed by atoms with van der Waals surface area (Å²) in [4.78, 5) is 7.10. The number of nitrogens with one attached hydrogen (secondary N) is 1. The Bertz CT molecular complexity index is 939. The summed E-state index contributed by atoms with van der Waals surface area (Å²) in [5, 5.41) is 25.5. The molecular weight excluding hydrogens is 358 g/mol. The third kappa shape index (κ3) is 3.75. The van der Waals surface area contributed by atoms with Crippen LogP contribution in [0.5, 0.6) is 5.75 Å². The molecule has 3 heterocycles. The molecule has 1 saturated heterocycles. The van der Waals surface area contributed by atoms with Gasteiger partial charge in [0.25, 0.3) is 0 Å². The van der Waals surface area contributed by atoms with E-state index < -0.39 is 0 Å². The number of hydrogen-bond donors (Lipinski definition) is 2. The van der Waals surface area contributed by atoms with E-state index in [9.17, 15) is 5.11 Å². The lowest BCUT2D eigenvalue weighted by Gasteiger charge is -2.32. The smallest absolute Gasteiger partial charge is 0.243 e. The van der Waals surface area contributed by atoms with E-state index in [-0.39, 0.29) is 5.75 Å². The fourth-order valence-electron chi connectivity index (χ4n) is 3.81. The van der Waals surface area contributed by atoms with Crippen molar-refractivity contribution in [1.82, 2.24) is 20.1 Å². The maximum atomic E-state index is 10.6. The van der Waals surface area contributed by atoms with Crippen LogP contribution < -0.4 is 5.32 Å². The summed E-state index contributed by atoms with van der Waals surface area (Å²) in [6.45, 7) is 7.46. The van der Waals surface area contributed by atoms with Gasteiger partial charge < -0.3 is 15.3 Å². The van der Waals surface area contributed by atoms with E-state index in [2.05, 4.69) is 32.3 Å². The van der Waals surface area contributed by atoms with Gasteiger partial charge in [0.1, 0.15) is 11.4 Å². The molecule has 0 amide bonds. The first-order chi connectivity index (χ1) is 13.2. The van der Waals surface area contributed by atoms with Crippen LogP contribution in [0.2, 0.25) is 0 Å². The van der Waals surface area contributed by atoms with E-state index in [1.165, 1.54) is 19.4 Å². The molecular formula is C20H25N5OS. The number of thiophene rings is 1. The fraction of sp³-hybridized carbons (Fsp3) is 0.450. The van der Waals surface area contributed by atoms with Gasteiger partial charge in [-0.1, -0.05) is 6.92 Å². The molecule has 0 saturated carbocycles. The molecule has 6 nitrogen and oxygen atoms in total. The zero-order valence-corrected chi connectivity index (χ0v) is 16.6. The van der Waals surface area contributed by atoms with Gasteiger partial charge >= 0.3 is 0 Å². The molecule has 27 heavy (non-hydrogen) atoms. The van der Waals surface area contributed by atoms with E-state index >= 15 is 0 Å². The molecule has 4 rings (SSSR count). The molecule has 1 atom stereocenters. The molecule has 1 aliphatic rings. The van der Waals surface area contributed by atoms with Crippen LogP contribution in [0.25, 0.3) is 21.3 Å². The Morgan fingerprint density at radius 1 is 1.30 bits per heavy atom. The number of aromatic nitrogens is 3. The van der Waals surface area contributed by atoms with Gasteiger partial charge in [-0.25, -0.2) is 4.98 Å². The van der Waals surface area contributed by atoms with Gasteiger partial charge in [0.15, 0.2) is 0 Å². The van der Waals surface area contributed by atoms with Gasteiger partial charge in [0.2, 0.25) is 5.95 Å². The van der Waals surface area contributed by atoms with Crippen molar-refractivity contribution in [3.63, 3.8) is 0 Å². The minimum Gasteiger partial charge on any atom is -0.507 e. The molecule has 2 aromatic heterocycles. The second kappa shape index (κ2) is 7.78. The maximum Gasteiger partial charge on any atom is 0.243 e. The number of phenols is 1. The second-order valence-electron chi connectivity index (χ2n) is 7.15. The Kier molecular flexibility index (Phi) is 5.22. The largest absolute Gasteiger partial charge is 0.507 e. The van der Waals surface area contributed by atoms with Crippen molar-refractivity contribution in [2.45, 2.75) is 39.2 Å². The molecule has 0 bridgehead atoms. The van der Waals surface area contributed by atoms with Crippen LogP contribution >= 0.6 is 11.3 Å². The Morgan fingerprint density at radius 2 is 2.19 bits per heavy atom. The van der Waals surface area contributed by atoms with Crippen molar-refractivity contribution >= 4 is 27.4 Å². The number of nitrogens with zero attached hydrogens (tertiary/aromatic N) is 4. The Hall–Kier alpha value is -2.25. The summed E-state index contributed by atoms with van der Waals surface area (Å²) >= 11 is 1.61. The van der Waals surface area contributed by atoms with Gasteiger partial charge in [-0.2, -0.15) is 0 Å². The first kappa shape index (κ1) is 18.1. The standard InChI is InChI=1S/C20H25N5OS/c1-3-9-25-10-4-5-14(12-25)22-20-21-13(2)18(23-24-20)16-6-7-17-15(19(16)26)8-11-27-17/h6-8,11,14,26H,3-5,9-10,12H2,1-2H3,(H,21,22,24)/t14-/m1/s1. The van der Waals surface area contributed by atoms with E-state index in [1.807, 2.05) is 30.5 Å². The van der Waals surface area contributed by atoms with Crippen LogP contribution in [0, 0.1) is 6.92 Å². The number of phenolic OH excluding ortho intramolecular Hbond substituents is 1. The first-order valence-electron chi connectivity index (χ1n) is 9.55. The molecule has 0 aliphatic carbocycles. The lowest BCUT2D eigenvalue weighted by molar-refractivity contribution is 0.216. The molecule has 1 aromatic carbocycles.